The minimum atomic E-state index is 0.345. The molecule has 0 unspecified atom stereocenters. The zero-order valence-electron chi connectivity index (χ0n) is 10.4. The van der Waals surface area contributed by atoms with E-state index in [1.165, 1.54) is 19.3 Å². The molecule has 1 aromatic rings. The van der Waals surface area contributed by atoms with Gasteiger partial charge in [0.15, 0.2) is 0 Å². The highest BCUT2D eigenvalue weighted by molar-refractivity contribution is 6.30. The molecule has 2 rings (SSSR count). The number of rotatable bonds is 4. The molecule has 0 radical (unpaired) electrons. The zero-order chi connectivity index (χ0) is 12.8. The maximum Gasteiger partial charge on any atom is 0.145 e. The van der Waals surface area contributed by atoms with Gasteiger partial charge in [-0.2, -0.15) is 0 Å². The quantitative estimate of drug-likeness (QED) is 0.671. The fourth-order valence-electron chi connectivity index (χ4n) is 2.17. The van der Waals surface area contributed by atoms with Gasteiger partial charge in [-0.3, -0.25) is 4.99 Å². The number of benzene rings is 1. The standard InChI is InChI=1S/C14H19ClN2O/c15-11-6-8-13(9-7-11)18-10-14(16)17-12-4-2-1-3-5-12/h6-9,12H,1-5,10H2,(H2,16,17). The van der Waals surface area contributed by atoms with Crippen molar-refractivity contribution in [1.29, 1.82) is 0 Å². The molecule has 1 aliphatic rings. The van der Waals surface area contributed by atoms with E-state index in [0.717, 1.165) is 18.6 Å². The van der Waals surface area contributed by atoms with Crippen molar-refractivity contribution in [3.63, 3.8) is 0 Å². The normalized spacial score (nSPS) is 17.7. The van der Waals surface area contributed by atoms with E-state index in [1.54, 1.807) is 12.1 Å². The van der Waals surface area contributed by atoms with Gasteiger partial charge in [-0.05, 0) is 37.1 Å². The Kier molecular flexibility index (Phi) is 4.88. The van der Waals surface area contributed by atoms with Crippen LogP contribution in [0.25, 0.3) is 0 Å². The van der Waals surface area contributed by atoms with Crippen LogP contribution < -0.4 is 10.5 Å². The summed E-state index contributed by atoms with van der Waals surface area (Å²) < 4.78 is 5.55. The molecule has 3 nitrogen and oxygen atoms in total. The Hall–Kier alpha value is -1.22. The highest BCUT2D eigenvalue weighted by Gasteiger charge is 2.12. The number of halogens is 1. The van der Waals surface area contributed by atoms with E-state index < -0.39 is 0 Å². The average Bonchev–Trinajstić information content (AvgIpc) is 2.39. The van der Waals surface area contributed by atoms with Crippen LogP contribution in [0.1, 0.15) is 32.1 Å². The Labute approximate surface area is 113 Å². The Balaban J connectivity index is 1.81. The Bertz CT molecular complexity index is 397. The van der Waals surface area contributed by atoms with Gasteiger partial charge in [0.25, 0.3) is 0 Å². The van der Waals surface area contributed by atoms with Gasteiger partial charge in [-0.15, -0.1) is 0 Å². The summed E-state index contributed by atoms with van der Waals surface area (Å²) in [6, 6.07) is 7.65. The van der Waals surface area contributed by atoms with Crippen molar-refractivity contribution in [2.45, 2.75) is 38.1 Å². The Morgan fingerprint density at radius 1 is 1.22 bits per heavy atom. The number of nitrogens with two attached hydrogens (primary N) is 1. The van der Waals surface area contributed by atoms with Crippen molar-refractivity contribution in [2.75, 3.05) is 6.61 Å². The maximum absolute atomic E-state index is 5.88. The first-order valence-corrected chi connectivity index (χ1v) is 6.82. The van der Waals surface area contributed by atoms with Crippen molar-refractivity contribution in [1.82, 2.24) is 0 Å². The summed E-state index contributed by atoms with van der Waals surface area (Å²) in [4.78, 5) is 4.51. The summed E-state index contributed by atoms with van der Waals surface area (Å²) in [7, 11) is 0. The van der Waals surface area contributed by atoms with Crippen LogP contribution >= 0.6 is 11.6 Å². The lowest BCUT2D eigenvalue weighted by atomic mass is 9.96. The van der Waals surface area contributed by atoms with Crippen molar-refractivity contribution in [2.24, 2.45) is 10.7 Å². The molecule has 1 aliphatic carbocycles. The molecule has 0 spiro atoms. The predicted molar refractivity (Wildman–Crippen MR) is 75.4 cm³/mol. The van der Waals surface area contributed by atoms with E-state index in [0.29, 0.717) is 23.5 Å². The molecule has 1 fully saturated rings. The highest BCUT2D eigenvalue weighted by Crippen LogP contribution is 2.20. The maximum atomic E-state index is 5.88. The summed E-state index contributed by atoms with van der Waals surface area (Å²) >= 11 is 5.80. The predicted octanol–water partition coefficient (Wildman–Crippen LogP) is 3.41. The van der Waals surface area contributed by atoms with Gasteiger partial charge >= 0.3 is 0 Å². The third-order valence-corrected chi connectivity index (χ3v) is 3.38. The highest BCUT2D eigenvalue weighted by atomic mass is 35.5. The molecule has 0 bridgehead atoms. The van der Waals surface area contributed by atoms with E-state index in [-0.39, 0.29) is 0 Å². The van der Waals surface area contributed by atoms with Crippen LogP contribution in [0.4, 0.5) is 0 Å². The Morgan fingerprint density at radius 2 is 1.89 bits per heavy atom. The molecule has 98 valence electrons. The van der Waals surface area contributed by atoms with Crippen molar-refractivity contribution in [3.05, 3.63) is 29.3 Å². The zero-order valence-corrected chi connectivity index (χ0v) is 11.2. The first-order valence-electron chi connectivity index (χ1n) is 6.44. The van der Waals surface area contributed by atoms with Crippen LogP contribution in [-0.4, -0.2) is 18.5 Å². The van der Waals surface area contributed by atoms with Crippen molar-refractivity contribution in [3.8, 4) is 5.75 Å². The van der Waals surface area contributed by atoms with Gasteiger partial charge < -0.3 is 10.5 Å². The number of hydrogen-bond donors (Lipinski definition) is 1. The fourth-order valence-corrected chi connectivity index (χ4v) is 2.30. The summed E-state index contributed by atoms with van der Waals surface area (Å²) in [5.74, 6) is 1.35. The van der Waals surface area contributed by atoms with Crippen molar-refractivity contribution < 1.29 is 4.74 Å². The molecule has 1 aromatic carbocycles. The van der Waals surface area contributed by atoms with Crippen LogP contribution in [0.3, 0.4) is 0 Å². The number of nitrogens with zero attached hydrogens (tertiary/aromatic N) is 1. The van der Waals surface area contributed by atoms with E-state index in [4.69, 9.17) is 22.1 Å². The van der Waals surface area contributed by atoms with Gasteiger partial charge in [-0.25, -0.2) is 0 Å². The van der Waals surface area contributed by atoms with E-state index >= 15 is 0 Å². The molecule has 0 amide bonds. The van der Waals surface area contributed by atoms with Crippen LogP contribution in [0.5, 0.6) is 5.75 Å². The molecular formula is C14H19ClN2O. The second kappa shape index (κ2) is 6.64. The molecule has 4 heteroatoms. The third-order valence-electron chi connectivity index (χ3n) is 3.12. The fraction of sp³-hybridized carbons (Fsp3) is 0.500. The van der Waals surface area contributed by atoms with Gasteiger partial charge in [-0.1, -0.05) is 30.9 Å². The second-order valence-electron chi connectivity index (χ2n) is 4.65. The largest absolute Gasteiger partial charge is 0.486 e. The summed E-state index contributed by atoms with van der Waals surface area (Å²) in [6.45, 7) is 0.345. The van der Waals surface area contributed by atoms with E-state index in [9.17, 15) is 0 Å². The number of hydrogen-bond acceptors (Lipinski definition) is 2. The molecule has 18 heavy (non-hydrogen) atoms. The molecule has 2 N–H and O–H groups in total. The molecule has 0 heterocycles. The first kappa shape index (κ1) is 13.2. The lowest BCUT2D eigenvalue weighted by Crippen LogP contribution is -2.24. The summed E-state index contributed by atoms with van der Waals surface area (Å²) in [5.41, 5.74) is 5.88. The lowest BCUT2D eigenvalue weighted by molar-refractivity contribution is 0.371. The minimum absolute atomic E-state index is 0.345. The summed E-state index contributed by atoms with van der Waals surface area (Å²) in [6.07, 6.45) is 6.16. The second-order valence-corrected chi connectivity index (χ2v) is 5.09. The lowest BCUT2D eigenvalue weighted by Gasteiger charge is -2.18. The molecular weight excluding hydrogens is 248 g/mol. The summed E-state index contributed by atoms with van der Waals surface area (Å²) in [5, 5.41) is 0.700. The molecule has 0 aliphatic heterocycles. The van der Waals surface area contributed by atoms with Crippen LogP contribution in [0.2, 0.25) is 5.02 Å². The topological polar surface area (TPSA) is 47.6 Å². The molecule has 0 atom stereocenters. The number of aliphatic imine (C=N–C) groups is 1. The minimum Gasteiger partial charge on any atom is -0.486 e. The van der Waals surface area contributed by atoms with Crippen LogP contribution in [-0.2, 0) is 0 Å². The van der Waals surface area contributed by atoms with Gasteiger partial charge in [0, 0.05) is 5.02 Å². The van der Waals surface area contributed by atoms with E-state index in [2.05, 4.69) is 4.99 Å². The molecule has 0 saturated heterocycles. The number of amidine groups is 1. The monoisotopic (exact) mass is 266 g/mol. The molecule has 1 saturated carbocycles. The smallest absolute Gasteiger partial charge is 0.145 e. The average molecular weight is 267 g/mol. The van der Waals surface area contributed by atoms with Crippen LogP contribution in [0, 0.1) is 0 Å². The SMILES string of the molecule is NC(COc1ccc(Cl)cc1)=NC1CCCCC1. The third kappa shape index (κ3) is 4.22. The Morgan fingerprint density at radius 3 is 2.56 bits per heavy atom. The number of ether oxygens (including phenoxy) is 1. The van der Waals surface area contributed by atoms with Gasteiger partial charge in [0.1, 0.15) is 18.2 Å². The van der Waals surface area contributed by atoms with Crippen molar-refractivity contribution >= 4 is 17.4 Å². The van der Waals surface area contributed by atoms with E-state index in [1.807, 2.05) is 12.1 Å². The molecule has 0 aromatic heterocycles. The van der Waals surface area contributed by atoms with Gasteiger partial charge in [0.2, 0.25) is 0 Å². The van der Waals surface area contributed by atoms with Gasteiger partial charge in [0.05, 0.1) is 6.04 Å². The first-order chi connectivity index (χ1) is 8.74. The van der Waals surface area contributed by atoms with Crippen LogP contribution in [0.15, 0.2) is 29.3 Å².